The molecule has 8 bridgehead atoms. The van der Waals surface area contributed by atoms with Gasteiger partial charge in [-0.25, -0.2) is 36.7 Å². The molecule has 81 heavy (non-hydrogen) atoms. The summed E-state index contributed by atoms with van der Waals surface area (Å²) in [4.78, 5) is 55.1. The average molecular weight is 1250 g/mol. The van der Waals surface area contributed by atoms with Crippen molar-refractivity contribution in [2.75, 3.05) is 48.2 Å². The molecule has 1 radical (unpaired) electrons. The Morgan fingerprint density at radius 1 is 0.543 bits per heavy atom. The quantitative estimate of drug-likeness (QED) is 0.0652. The van der Waals surface area contributed by atoms with E-state index in [0.29, 0.717) is 63.5 Å². The number of sulfonamides is 2. The van der Waals surface area contributed by atoms with Crippen molar-refractivity contribution in [1.29, 1.82) is 0 Å². The molecule has 0 aliphatic carbocycles. The number of hydrogen-bond donors (Lipinski definition) is 7. The summed E-state index contributed by atoms with van der Waals surface area (Å²) >= 11 is 0. The molecule has 30 nitrogen and oxygen atoms in total. The van der Waals surface area contributed by atoms with Gasteiger partial charge in [0.25, 0.3) is 20.2 Å². The summed E-state index contributed by atoms with van der Waals surface area (Å²) in [7, 11) is -17.6. The van der Waals surface area contributed by atoms with Crippen molar-refractivity contribution in [3.05, 3.63) is 115 Å². The Labute approximate surface area is 472 Å². The number of anilines is 4. The van der Waals surface area contributed by atoms with Gasteiger partial charge in [0.05, 0.1) is 41.1 Å². The largest absolute Gasteiger partial charge is 2.00 e. The molecule has 425 valence electrons. The van der Waals surface area contributed by atoms with Crippen molar-refractivity contribution in [2.45, 2.75) is 4.90 Å². The second kappa shape index (κ2) is 25.8. The fraction of sp³-hybridized carbons (Fsp3) is 0.111. The molecule has 0 spiro atoms. The van der Waals surface area contributed by atoms with E-state index in [1.54, 1.807) is 6.20 Å². The Morgan fingerprint density at radius 2 is 0.963 bits per heavy atom. The molecular formula is C45H41CuN17O13S5. The van der Waals surface area contributed by atoms with E-state index < -0.39 is 50.9 Å². The van der Waals surface area contributed by atoms with Crippen LogP contribution < -0.4 is 36.2 Å². The number of benzene rings is 4. The van der Waals surface area contributed by atoms with Gasteiger partial charge in [0.1, 0.15) is 11.5 Å². The van der Waals surface area contributed by atoms with Crippen LogP contribution in [0.2, 0.25) is 0 Å². The molecule has 7 heterocycles. The fourth-order valence-corrected chi connectivity index (χ4v) is 8.14. The maximum absolute atomic E-state index is 11.2. The maximum Gasteiger partial charge on any atom is 2.00 e. The van der Waals surface area contributed by atoms with Crippen LogP contribution in [0.3, 0.4) is 0 Å². The minimum Gasteiger partial charge on any atom is -0.368 e. The van der Waals surface area contributed by atoms with Gasteiger partial charge >= 0.3 is 27.7 Å². The van der Waals surface area contributed by atoms with Gasteiger partial charge in [-0.15, -0.1) is 12.6 Å². The van der Waals surface area contributed by atoms with Crippen LogP contribution in [-0.2, 0) is 68.0 Å². The van der Waals surface area contributed by atoms with Crippen LogP contribution in [0.5, 0.6) is 0 Å². The first-order chi connectivity index (χ1) is 37.6. The summed E-state index contributed by atoms with van der Waals surface area (Å²) in [6.45, 7) is 0.317. The number of primary sulfonamides is 1. The van der Waals surface area contributed by atoms with Crippen molar-refractivity contribution in [3.8, 4) is 45.7 Å². The van der Waals surface area contributed by atoms with E-state index in [0.717, 1.165) is 50.7 Å². The number of nitrogens with one attached hydrogen (secondary N) is 3. The van der Waals surface area contributed by atoms with Crippen LogP contribution in [0, 0.1) is 0 Å². The summed E-state index contributed by atoms with van der Waals surface area (Å²) in [5, 5.41) is 13.3. The molecule has 0 amide bonds. The zero-order valence-corrected chi connectivity index (χ0v) is 46.7. The van der Waals surface area contributed by atoms with E-state index in [-0.39, 0.29) is 52.9 Å². The molecule has 0 fully saturated rings. The van der Waals surface area contributed by atoms with Gasteiger partial charge < -0.3 is 46.3 Å². The first-order valence-electron chi connectivity index (χ1n) is 22.2. The summed E-state index contributed by atoms with van der Waals surface area (Å²) in [5.41, 5.74) is 11.2. The molecular weight excluding hydrogens is 1210 g/mol. The number of fused-ring (bicyclic) bond motifs is 20. The topological polar surface area (TPSA) is 473 Å². The zero-order chi connectivity index (χ0) is 58.2. The first kappa shape index (κ1) is 61.8. The Morgan fingerprint density at radius 3 is 1.43 bits per heavy atom. The second-order valence-electron chi connectivity index (χ2n) is 16.3. The Kier molecular flexibility index (Phi) is 19.7. The number of nitrogens with two attached hydrogens (primary N) is 2. The predicted octanol–water partition coefficient (Wildman–Crippen LogP) is 2.33. The number of aromatic nitrogens is 12. The molecule has 11 rings (SSSR count). The SMILES string of the molecule is CS(=O)(=O)NCCNc1nc(N)nc(Nc2cccc(S(=O)(=O)O)c2)n1.CS(=O)(=O)O.CS(N)(=O)=O.O=S(=O)=O.[Cu+2].c1ccc2c(c1)-c1nc-2nc2[n-]c(nc3nc(nc4[n-]c(n1)c1ccccc41)-c1cccnc1-3)c1ccccc21. The van der Waals surface area contributed by atoms with Gasteiger partial charge in [0, 0.05) is 64.3 Å². The van der Waals surface area contributed by atoms with E-state index in [2.05, 4.69) is 40.4 Å². The third-order valence-corrected chi connectivity index (χ3v) is 11.6. The standard InChI is InChI=1S/C31H15N9.C12H17N7O5S2.CH5NO2S.CH4O3S.Cu.O3S/c1-2-9-17-16(8-1)24-33-25(17)35-27-20-12-5-6-13-21(20)29(37-27)39-31-23-22(14-7-15-32-23)30(40-31)38-28-19-11-4-3-10-18(19)26(34-24)36-28;1-25(20,21)15-6-5-14-11-17-10(13)18-12(19-11)16-8-3-2-4-9(7-8)26(22,23)24;2*1-5(2,3)4;;1-4(2)3/h1-15H;2-4,7,15H,5-6H2,1H3,(H,22,23,24)(H4,13,14,16,17,18,19);1H3,(H2,2,3,4);1H3,(H,2,3,4);;/q-2;;;;+2;. The van der Waals surface area contributed by atoms with Crippen molar-refractivity contribution in [1.82, 2.24) is 64.5 Å². The Bertz CT molecular complexity index is 4250. The number of pyridine rings is 1. The predicted molar refractivity (Wildman–Crippen MR) is 293 cm³/mol. The summed E-state index contributed by atoms with van der Waals surface area (Å²) < 4.78 is 126. The van der Waals surface area contributed by atoms with Gasteiger partial charge in [-0.3, -0.25) is 14.1 Å². The normalized spacial score (nSPS) is 11.5. The van der Waals surface area contributed by atoms with E-state index in [1.807, 2.05) is 84.9 Å². The van der Waals surface area contributed by atoms with E-state index in [9.17, 15) is 33.7 Å². The molecule has 0 unspecified atom stereocenters. The van der Waals surface area contributed by atoms with E-state index >= 15 is 0 Å². The fourth-order valence-electron chi connectivity index (χ4n) is 7.14. The number of hydrogen-bond acceptors (Lipinski definition) is 24. The smallest absolute Gasteiger partial charge is 0.368 e. The zero-order valence-electron chi connectivity index (χ0n) is 41.6. The Hall–Kier alpha value is -8.42. The molecule has 0 saturated carbocycles. The van der Waals surface area contributed by atoms with Crippen molar-refractivity contribution < 1.29 is 72.5 Å². The minimum atomic E-state index is -4.35. The van der Waals surface area contributed by atoms with Crippen molar-refractivity contribution in [2.24, 2.45) is 5.14 Å². The minimum absolute atomic E-state index is 0. The van der Waals surface area contributed by atoms with Gasteiger partial charge in [0.2, 0.25) is 37.9 Å². The summed E-state index contributed by atoms with van der Waals surface area (Å²) in [6, 6.07) is 32.9. The molecule has 36 heteroatoms. The van der Waals surface area contributed by atoms with Crippen LogP contribution in [0.1, 0.15) is 0 Å². The molecule has 4 aromatic carbocycles. The molecule has 9 N–H and O–H groups in total. The van der Waals surface area contributed by atoms with Crippen LogP contribution in [-0.4, -0.2) is 137 Å². The summed E-state index contributed by atoms with van der Waals surface area (Å²) in [5.74, 6) is 2.04. The van der Waals surface area contributed by atoms with Gasteiger partial charge in [-0.2, -0.15) is 31.8 Å². The average Bonchev–Trinajstić information content (AvgIpc) is 4.34. The maximum atomic E-state index is 11.2. The van der Waals surface area contributed by atoms with Gasteiger partial charge in [-0.05, 0) is 51.9 Å². The van der Waals surface area contributed by atoms with Crippen LogP contribution >= 0.6 is 0 Å². The summed E-state index contributed by atoms with van der Waals surface area (Å²) in [6.07, 6.45) is 4.42. The van der Waals surface area contributed by atoms with Crippen LogP contribution in [0.25, 0.3) is 89.8 Å². The molecule has 9 aromatic rings. The third-order valence-electron chi connectivity index (χ3n) is 9.99. The van der Waals surface area contributed by atoms with Gasteiger partial charge in [0.15, 0.2) is 0 Å². The third kappa shape index (κ3) is 17.8. The van der Waals surface area contributed by atoms with Crippen LogP contribution in [0.4, 0.5) is 23.5 Å². The molecule has 2 aliphatic rings. The number of nitrogen functional groups attached to an aromatic ring is 1. The molecule has 5 aromatic heterocycles. The van der Waals surface area contributed by atoms with E-state index in [1.165, 1.54) is 24.3 Å². The monoisotopic (exact) mass is 1250 g/mol. The molecule has 2 aliphatic heterocycles. The second-order valence-corrected chi connectivity index (χ2v) is 23.1. The number of nitrogens with zero attached hydrogens (tertiary/aromatic N) is 12. The van der Waals surface area contributed by atoms with Gasteiger partial charge in [-0.1, -0.05) is 78.9 Å². The van der Waals surface area contributed by atoms with Crippen LogP contribution in [0.15, 0.2) is 120 Å². The van der Waals surface area contributed by atoms with E-state index in [4.69, 9.17) is 67.3 Å². The van der Waals surface area contributed by atoms with Crippen molar-refractivity contribution >= 4 is 119 Å². The van der Waals surface area contributed by atoms with Crippen molar-refractivity contribution in [3.63, 3.8) is 0 Å². The molecule has 0 saturated heterocycles. The molecule has 0 atom stereocenters. The number of rotatable bonds is 8. The first-order valence-corrected chi connectivity index (χ1v) is 30.4. The Balaban J connectivity index is 0.000000222.